The first-order valence-electron chi connectivity index (χ1n) is 14.0. The van der Waals surface area contributed by atoms with Crippen LogP contribution >= 0.6 is 0 Å². The molecule has 1 N–H and O–H groups in total. The van der Waals surface area contributed by atoms with E-state index >= 15 is 0 Å². The summed E-state index contributed by atoms with van der Waals surface area (Å²) >= 11 is 0. The van der Waals surface area contributed by atoms with Crippen LogP contribution in [-0.4, -0.2) is 28.7 Å². The van der Waals surface area contributed by atoms with Gasteiger partial charge in [-0.3, -0.25) is 4.79 Å². The highest BCUT2D eigenvalue weighted by atomic mass is 16.5. The van der Waals surface area contributed by atoms with Gasteiger partial charge in [0.15, 0.2) is 0 Å². The van der Waals surface area contributed by atoms with Gasteiger partial charge in [0.25, 0.3) is 0 Å². The van der Waals surface area contributed by atoms with Crippen molar-refractivity contribution in [2.45, 2.75) is 137 Å². The van der Waals surface area contributed by atoms with Gasteiger partial charge in [-0.15, -0.1) is 0 Å². The molecule has 3 heteroatoms. The summed E-state index contributed by atoms with van der Waals surface area (Å²) in [5.41, 5.74) is 0.120. The highest BCUT2D eigenvalue weighted by Gasteiger charge is 2.70. The lowest BCUT2D eigenvalue weighted by atomic mass is 9.33. The van der Waals surface area contributed by atoms with Crippen LogP contribution in [0.25, 0.3) is 0 Å². The molecule has 0 bridgehead atoms. The Bertz CT molecular complexity index is 825. The summed E-state index contributed by atoms with van der Waals surface area (Å²) in [6, 6.07) is 0. The van der Waals surface area contributed by atoms with Crippen molar-refractivity contribution in [3.8, 4) is 0 Å². The summed E-state index contributed by atoms with van der Waals surface area (Å²) in [6.45, 7) is 18.6. The number of ketones is 1. The van der Waals surface area contributed by atoms with Gasteiger partial charge in [-0.1, -0.05) is 41.5 Å². The maximum absolute atomic E-state index is 12.9. The van der Waals surface area contributed by atoms with E-state index in [0.717, 1.165) is 19.3 Å². The Hall–Kier alpha value is -0.410. The van der Waals surface area contributed by atoms with E-state index in [4.69, 9.17) is 4.74 Å². The number of Topliss-reactive ketones (excluding diaryl/α,β-unsaturated/α-hetero) is 1. The van der Waals surface area contributed by atoms with Crippen molar-refractivity contribution < 1.29 is 14.6 Å². The quantitative estimate of drug-likeness (QED) is 0.462. The van der Waals surface area contributed by atoms with Gasteiger partial charge in [-0.2, -0.15) is 0 Å². The van der Waals surface area contributed by atoms with Gasteiger partial charge in [0.2, 0.25) is 0 Å². The fourth-order valence-electron chi connectivity index (χ4n) is 10.7. The molecule has 1 aliphatic heterocycles. The first kappa shape index (κ1) is 24.3. The topological polar surface area (TPSA) is 46.5 Å². The summed E-state index contributed by atoms with van der Waals surface area (Å²) < 4.78 is 6.90. The lowest BCUT2D eigenvalue weighted by Crippen LogP contribution is -2.68. The Morgan fingerprint density at radius 1 is 0.818 bits per heavy atom. The Labute approximate surface area is 202 Å². The van der Waals surface area contributed by atoms with E-state index in [-0.39, 0.29) is 33.9 Å². The Morgan fingerprint density at radius 3 is 2.18 bits per heavy atom. The zero-order chi connectivity index (χ0) is 24.2. The predicted molar refractivity (Wildman–Crippen MR) is 133 cm³/mol. The highest BCUT2D eigenvalue weighted by Crippen LogP contribution is 2.75. The summed E-state index contributed by atoms with van der Waals surface area (Å²) in [6.07, 6.45) is 11.7. The zero-order valence-corrected chi connectivity index (χ0v) is 22.7. The molecule has 5 aliphatic rings. The average molecular weight is 459 g/mol. The number of ether oxygens (including phenoxy) is 1. The molecule has 0 aromatic carbocycles. The molecular formula is C30H50O3. The van der Waals surface area contributed by atoms with Crippen LogP contribution in [0.3, 0.4) is 0 Å². The van der Waals surface area contributed by atoms with Gasteiger partial charge in [0.1, 0.15) is 5.78 Å². The molecule has 5 rings (SSSR count). The van der Waals surface area contributed by atoms with Gasteiger partial charge in [0, 0.05) is 11.8 Å². The van der Waals surface area contributed by atoms with E-state index in [1.54, 1.807) is 0 Å². The lowest BCUT2D eigenvalue weighted by molar-refractivity contribution is -0.282. The molecule has 0 aromatic rings. The van der Waals surface area contributed by atoms with E-state index in [0.29, 0.717) is 29.0 Å². The predicted octanol–water partition coefficient (Wildman–Crippen LogP) is 6.95. The third-order valence-electron chi connectivity index (χ3n) is 13.0. The van der Waals surface area contributed by atoms with Gasteiger partial charge < -0.3 is 9.84 Å². The van der Waals surface area contributed by atoms with Gasteiger partial charge in [-0.25, -0.2) is 0 Å². The number of aliphatic hydroxyl groups is 1. The maximum atomic E-state index is 12.9. The molecule has 0 aromatic heterocycles. The second kappa shape index (κ2) is 7.09. The highest BCUT2D eigenvalue weighted by molar-refractivity contribution is 5.85. The number of hydrogen-bond donors (Lipinski definition) is 1. The minimum atomic E-state index is -0.776. The lowest BCUT2D eigenvalue weighted by Gasteiger charge is -2.72. The fourth-order valence-corrected chi connectivity index (χ4v) is 10.7. The average Bonchev–Trinajstić information content (AvgIpc) is 2.71. The van der Waals surface area contributed by atoms with E-state index < -0.39 is 5.60 Å². The van der Waals surface area contributed by atoms with E-state index in [9.17, 15) is 9.90 Å². The molecule has 9 atom stereocenters. The van der Waals surface area contributed by atoms with Crippen molar-refractivity contribution in [1.82, 2.24) is 0 Å². The van der Waals surface area contributed by atoms with E-state index in [1.165, 1.54) is 44.9 Å². The third-order valence-corrected chi connectivity index (χ3v) is 13.0. The first-order valence-corrected chi connectivity index (χ1v) is 14.0. The molecule has 0 radical (unpaired) electrons. The number of hydrogen-bond acceptors (Lipinski definition) is 3. The molecule has 0 unspecified atom stereocenters. The molecule has 0 spiro atoms. The molecule has 1 saturated heterocycles. The van der Waals surface area contributed by atoms with E-state index in [1.807, 2.05) is 13.8 Å². The molecule has 4 saturated carbocycles. The number of fused-ring (bicyclic) bond motifs is 7. The summed E-state index contributed by atoms with van der Waals surface area (Å²) in [5, 5.41) is 10.8. The van der Waals surface area contributed by atoms with Gasteiger partial charge >= 0.3 is 0 Å². The van der Waals surface area contributed by atoms with Crippen LogP contribution in [-0.2, 0) is 9.53 Å². The molecule has 33 heavy (non-hydrogen) atoms. The van der Waals surface area contributed by atoms with Crippen LogP contribution in [0.1, 0.15) is 120 Å². The summed E-state index contributed by atoms with van der Waals surface area (Å²) in [7, 11) is 0. The second-order valence-corrected chi connectivity index (χ2v) is 15.2. The number of carbonyl (C=O) groups is 1. The molecular weight excluding hydrogens is 408 g/mol. The summed E-state index contributed by atoms with van der Waals surface area (Å²) in [5.74, 6) is 2.27. The van der Waals surface area contributed by atoms with Gasteiger partial charge in [-0.05, 0) is 111 Å². The number of carbonyl (C=O) groups excluding carboxylic acids is 1. The molecule has 3 nitrogen and oxygen atoms in total. The smallest absolute Gasteiger partial charge is 0.138 e. The SMILES string of the molecule is CC(C)(O)[C@@H]1CC[C@@]2(C)CC[C@]3(C)[C@H](CC[C@@H]4[C@@]5(C)CCC(=O)C(C)(C)[C@H]5CC[C@]43C)[C@H]2O1. The maximum Gasteiger partial charge on any atom is 0.138 e. The molecule has 4 aliphatic carbocycles. The van der Waals surface area contributed by atoms with Gasteiger partial charge in [0.05, 0.1) is 17.8 Å². The monoisotopic (exact) mass is 458 g/mol. The van der Waals surface area contributed by atoms with Crippen molar-refractivity contribution in [3.63, 3.8) is 0 Å². The van der Waals surface area contributed by atoms with Crippen molar-refractivity contribution in [2.24, 2.45) is 44.8 Å². The van der Waals surface area contributed by atoms with Crippen LogP contribution in [0.5, 0.6) is 0 Å². The van der Waals surface area contributed by atoms with Crippen LogP contribution in [0.15, 0.2) is 0 Å². The molecule has 5 fully saturated rings. The summed E-state index contributed by atoms with van der Waals surface area (Å²) in [4.78, 5) is 12.9. The van der Waals surface area contributed by atoms with E-state index in [2.05, 4.69) is 41.5 Å². The molecule has 0 amide bonds. The van der Waals surface area contributed by atoms with Crippen LogP contribution in [0.2, 0.25) is 0 Å². The zero-order valence-electron chi connectivity index (χ0n) is 22.7. The van der Waals surface area contributed by atoms with Crippen LogP contribution in [0, 0.1) is 44.8 Å². The normalized spacial score (nSPS) is 54.0. The number of rotatable bonds is 1. The Morgan fingerprint density at radius 2 is 1.52 bits per heavy atom. The van der Waals surface area contributed by atoms with Crippen LogP contribution in [0.4, 0.5) is 0 Å². The van der Waals surface area contributed by atoms with Crippen molar-refractivity contribution in [1.29, 1.82) is 0 Å². The minimum absolute atomic E-state index is 0.0538. The van der Waals surface area contributed by atoms with Crippen molar-refractivity contribution >= 4 is 5.78 Å². The third kappa shape index (κ3) is 3.09. The first-order chi connectivity index (χ1) is 15.1. The molecule has 1 heterocycles. The molecule has 188 valence electrons. The Kier molecular flexibility index (Phi) is 5.22. The Balaban J connectivity index is 1.50. The second-order valence-electron chi connectivity index (χ2n) is 15.2. The largest absolute Gasteiger partial charge is 0.388 e. The minimum Gasteiger partial charge on any atom is -0.388 e. The fraction of sp³-hybridized carbons (Fsp3) is 0.967. The standard InChI is InChI=1S/C30H50O3/c1-25(2)20-11-16-30(8)21(28(20,6)15-12-22(25)31)10-9-19-24-27(5,17-18-29(19,30)7)14-13-23(33-24)26(3,4)32/h19-21,23-24,32H,9-18H2,1-8H3/t19-,20-,21-,23+,24-,27+,28+,29-,30-/m1/s1. The van der Waals surface area contributed by atoms with Crippen molar-refractivity contribution in [3.05, 3.63) is 0 Å². The van der Waals surface area contributed by atoms with Crippen molar-refractivity contribution in [2.75, 3.05) is 0 Å². The van der Waals surface area contributed by atoms with Crippen LogP contribution < -0.4 is 0 Å².